The molecule has 0 saturated heterocycles. The second kappa shape index (κ2) is 7.45. The highest BCUT2D eigenvalue weighted by Gasteiger charge is 2.42. The lowest BCUT2D eigenvalue weighted by Gasteiger charge is -2.35. The van der Waals surface area contributed by atoms with Crippen LogP contribution in [0.4, 0.5) is 13.2 Å². The Morgan fingerprint density at radius 3 is 2.28 bits per heavy atom. The number of rotatable bonds is 6. The van der Waals surface area contributed by atoms with E-state index in [-0.39, 0.29) is 6.61 Å². The minimum absolute atomic E-state index is 0.0567. The molecule has 25 heavy (non-hydrogen) atoms. The maximum atomic E-state index is 12.8. The lowest BCUT2D eigenvalue weighted by atomic mass is 9.96. The van der Waals surface area contributed by atoms with Crippen LogP contribution in [0.1, 0.15) is 53.1 Å². The standard InChI is InChI=1S/C15H24F3N3O3S/c1-7-24-12(22)11(14(5,6)20-25(23)13(2,3)4)21-9-10(8-19-21)15(16,17)18/h8-9,11,20H,7H2,1-6H3. The Hall–Kier alpha value is -1.42. The molecule has 1 aromatic rings. The van der Waals surface area contributed by atoms with E-state index >= 15 is 0 Å². The highest BCUT2D eigenvalue weighted by Crippen LogP contribution is 2.31. The van der Waals surface area contributed by atoms with Crippen LogP contribution in [0.3, 0.4) is 0 Å². The number of hydrogen-bond donors (Lipinski definition) is 1. The van der Waals surface area contributed by atoms with Crippen LogP contribution in [0.2, 0.25) is 0 Å². The van der Waals surface area contributed by atoms with Gasteiger partial charge in [-0.05, 0) is 41.5 Å². The summed E-state index contributed by atoms with van der Waals surface area (Å²) in [6.07, 6.45) is -3.20. The zero-order chi connectivity index (χ0) is 19.6. The Labute approximate surface area is 147 Å². The van der Waals surface area contributed by atoms with E-state index in [4.69, 9.17) is 4.74 Å². The third-order valence-electron chi connectivity index (χ3n) is 3.30. The molecule has 10 heteroatoms. The number of halogens is 3. The summed E-state index contributed by atoms with van der Waals surface area (Å²) < 4.78 is 59.0. The first-order valence-electron chi connectivity index (χ1n) is 7.68. The van der Waals surface area contributed by atoms with Gasteiger partial charge >= 0.3 is 12.1 Å². The van der Waals surface area contributed by atoms with Crippen molar-refractivity contribution in [1.82, 2.24) is 14.5 Å². The Kier molecular flexibility index (Phi) is 6.44. The van der Waals surface area contributed by atoms with Gasteiger partial charge in [0.15, 0.2) is 6.04 Å². The Morgan fingerprint density at radius 1 is 1.32 bits per heavy atom. The van der Waals surface area contributed by atoms with Gasteiger partial charge in [0.1, 0.15) is 0 Å². The van der Waals surface area contributed by atoms with Crippen molar-refractivity contribution in [2.45, 2.75) is 64.0 Å². The molecule has 0 amide bonds. The van der Waals surface area contributed by atoms with Gasteiger partial charge in [-0.1, -0.05) is 0 Å². The number of hydrogen-bond acceptors (Lipinski definition) is 4. The van der Waals surface area contributed by atoms with Gasteiger partial charge in [0.2, 0.25) is 0 Å². The highest BCUT2D eigenvalue weighted by atomic mass is 32.2. The minimum Gasteiger partial charge on any atom is -0.464 e. The molecule has 1 heterocycles. The molecule has 0 aliphatic rings. The third kappa shape index (κ3) is 5.53. The molecule has 0 aromatic carbocycles. The summed E-state index contributed by atoms with van der Waals surface area (Å²) in [5, 5.41) is 3.68. The van der Waals surface area contributed by atoms with Gasteiger partial charge < -0.3 is 4.74 Å². The summed E-state index contributed by atoms with van der Waals surface area (Å²) in [5.41, 5.74) is -2.16. The molecule has 0 spiro atoms. The zero-order valence-electron chi connectivity index (χ0n) is 15.1. The summed E-state index contributed by atoms with van der Waals surface area (Å²) in [7, 11) is -1.55. The first-order valence-corrected chi connectivity index (χ1v) is 8.83. The number of ether oxygens (including phenoxy) is 1. The summed E-state index contributed by atoms with van der Waals surface area (Å²) in [6.45, 7) is 9.98. The molecule has 2 unspecified atom stereocenters. The molecule has 0 fully saturated rings. The second-order valence-electron chi connectivity index (χ2n) is 7.07. The van der Waals surface area contributed by atoms with E-state index < -0.39 is 45.0 Å². The second-order valence-corrected chi connectivity index (χ2v) is 9.03. The van der Waals surface area contributed by atoms with Crippen LogP contribution < -0.4 is 4.72 Å². The molecule has 0 aliphatic carbocycles. The van der Waals surface area contributed by atoms with Crippen molar-refractivity contribution < 1.29 is 26.9 Å². The summed E-state index contributed by atoms with van der Waals surface area (Å²) >= 11 is 0. The smallest absolute Gasteiger partial charge is 0.419 e. The zero-order valence-corrected chi connectivity index (χ0v) is 15.9. The van der Waals surface area contributed by atoms with Gasteiger partial charge in [0.05, 0.1) is 39.6 Å². The Morgan fingerprint density at radius 2 is 1.88 bits per heavy atom. The maximum Gasteiger partial charge on any atom is 0.419 e. The minimum atomic E-state index is -4.58. The van der Waals surface area contributed by atoms with Crippen LogP contribution in [0.25, 0.3) is 0 Å². The van der Waals surface area contributed by atoms with Gasteiger partial charge in [0.25, 0.3) is 0 Å². The van der Waals surface area contributed by atoms with Crippen LogP contribution in [0, 0.1) is 0 Å². The van der Waals surface area contributed by atoms with Crippen molar-refractivity contribution in [3.05, 3.63) is 18.0 Å². The maximum absolute atomic E-state index is 12.8. The van der Waals surface area contributed by atoms with E-state index in [0.717, 1.165) is 10.9 Å². The van der Waals surface area contributed by atoms with Crippen molar-refractivity contribution in [2.75, 3.05) is 6.61 Å². The van der Waals surface area contributed by atoms with Gasteiger partial charge in [-0.2, -0.15) is 18.3 Å². The van der Waals surface area contributed by atoms with Gasteiger partial charge in [-0.15, -0.1) is 0 Å². The largest absolute Gasteiger partial charge is 0.464 e. The van der Waals surface area contributed by atoms with E-state index in [1.807, 2.05) is 0 Å². The van der Waals surface area contributed by atoms with Crippen LogP contribution in [-0.2, 0) is 26.7 Å². The molecule has 0 bridgehead atoms. The number of carbonyl (C=O) groups excluding carboxylic acids is 1. The fraction of sp³-hybridized carbons (Fsp3) is 0.733. The van der Waals surface area contributed by atoms with Crippen molar-refractivity contribution >= 4 is 17.0 Å². The number of carbonyl (C=O) groups is 1. The molecular formula is C15H24F3N3O3S. The third-order valence-corrected chi connectivity index (χ3v) is 5.12. The fourth-order valence-corrected chi connectivity index (χ4v) is 2.92. The first kappa shape index (κ1) is 21.6. The lowest BCUT2D eigenvalue weighted by molar-refractivity contribution is -0.150. The number of nitrogens with one attached hydrogen (secondary N) is 1. The molecule has 144 valence electrons. The van der Waals surface area contributed by atoms with Crippen molar-refractivity contribution in [3.8, 4) is 0 Å². The monoisotopic (exact) mass is 383 g/mol. The number of alkyl halides is 3. The molecule has 6 nitrogen and oxygen atoms in total. The Bertz CT molecular complexity index is 636. The fourth-order valence-electron chi connectivity index (χ4n) is 2.03. The van der Waals surface area contributed by atoms with Gasteiger partial charge in [0, 0.05) is 6.20 Å². The molecule has 0 saturated carbocycles. The summed E-state index contributed by atoms with van der Waals surface area (Å²) in [6, 6.07) is -1.23. The summed E-state index contributed by atoms with van der Waals surface area (Å²) in [4.78, 5) is 12.4. The molecular weight excluding hydrogens is 359 g/mol. The van der Waals surface area contributed by atoms with Gasteiger partial charge in [-0.3, -0.25) is 4.68 Å². The van der Waals surface area contributed by atoms with E-state index in [2.05, 4.69) is 9.82 Å². The number of aromatic nitrogens is 2. The average molecular weight is 383 g/mol. The van der Waals surface area contributed by atoms with Gasteiger partial charge in [-0.25, -0.2) is 13.7 Å². The molecule has 1 N–H and O–H groups in total. The van der Waals surface area contributed by atoms with E-state index in [1.54, 1.807) is 41.5 Å². The average Bonchev–Trinajstić information content (AvgIpc) is 2.86. The van der Waals surface area contributed by atoms with Crippen LogP contribution in [-0.4, -0.2) is 36.9 Å². The lowest BCUT2D eigenvalue weighted by Crippen LogP contribution is -2.54. The quantitative estimate of drug-likeness (QED) is 0.767. The summed E-state index contributed by atoms with van der Waals surface area (Å²) in [5.74, 6) is -0.761. The molecule has 1 aromatic heterocycles. The van der Waals surface area contributed by atoms with E-state index in [1.165, 1.54) is 0 Å². The molecule has 2 atom stereocenters. The van der Waals surface area contributed by atoms with Crippen LogP contribution in [0.15, 0.2) is 12.4 Å². The molecule has 1 rings (SSSR count). The van der Waals surface area contributed by atoms with Crippen molar-refractivity contribution in [1.29, 1.82) is 0 Å². The first-order chi connectivity index (χ1) is 11.2. The van der Waals surface area contributed by atoms with E-state index in [0.29, 0.717) is 6.20 Å². The Balaban J connectivity index is 3.26. The SMILES string of the molecule is CCOC(=O)C(n1cc(C(F)(F)F)cn1)C(C)(C)NS(=O)C(C)(C)C. The molecule has 0 aliphatic heterocycles. The predicted molar refractivity (Wildman–Crippen MR) is 88.0 cm³/mol. The van der Waals surface area contributed by atoms with E-state index in [9.17, 15) is 22.2 Å². The number of esters is 1. The van der Waals surface area contributed by atoms with Crippen LogP contribution >= 0.6 is 0 Å². The highest BCUT2D eigenvalue weighted by molar-refractivity contribution is 7.84. The van der Waals surface area contributed by atoms with Crippen molar-refractivity contribution in [2.24, 2.45) is 0 Å². The topological polar surface area (TPSA) is 73.2 Å². The molecule has 0 radical (unpaired) electrons. The predicted octanol–water partition coefficient (Wildman–Crippen LogP) is 2.84. The normalized spacial score (nSPS) is 15.7. The number of nitrogens with zero attached hydrogens (tertiary/aromatic N) is 2. The van der Waals surface area contributed by atoms with Crippen LogP contribution in [0.5, 0.6) is 0 Å². The van der Waals surface area contributed by atoms with Crippen molar-refractivity contribution in [3.63, 3.8) is 0 Å².